The van der Waals surface area contributed by atoms with Crippen molar-refractivity contribution in [3.05, 3.63) is 66.5 Å². The summed E-state index contributed by atoms with van der Waals surface area (Å²) in [6.07, 6.45) is 2.12. The van der Waals surface area contributed by atoms with Crippen molar-refractivity contribution in [2.45, 2.75) is 19.4 Å². The van der Waals surface area contributed by atoms with E-state index in [9.17, 15) is 9.59 Å². The smallest absolute Gasteiger partial charge is 0.223 e. The molecule has 0 bridgehead atoms. The van der Waals surface area contributed by atoms with Gasteiger partial charge in [0.1, 0.15) is 11.5 Å². The molecule has 1 saturated heterocycles. The molecule has 0 aliphatic carbocycles. The van der Waals surface area contributed by atoms with E-state index in [0.717, 1.165) is 24.5 Å². The number of nitrogens with zero attached hydrogens (tertiary/aromatic N) is 4. The first-order valence-electron chi connectivity index (χ1n) is 10.4. The molecule has 8 heteroatoms. The fraction of sp³-hybridized carbons (Fsp3) is 0.304. The largest absolute Gasteiger partial charge is 0.356 e. The summed E-state index contributed by atoms with van der Waals surface area (Å²) in [5.41, 5.74) is 1.57. The van der Waals surface area contributed by atoms with Gasteiger partial charge in [0.05, 0.1) is 6.54 Å². The van der Waals surface area contributed by atoms with E-state index >= 15 is 0 Å². The monoisotopic (exact) mass is 419 g/mol. The maximum absolute atomic E-state index is 12.5. The Morgan fingerprint density at radius 3 is 2.48 bits per heavy atom. The molecule has 0 atom stereocenters. The predicted octanol–water partition coefficient (Wildman–Crippen LogP) is 2.48. The zero-order valence-electron chi connectivity index (χ0n) is 17.2. The Morgan fingerprint density at radius 1 is 0.968 bits per heavy atom. The molecule has 31 heavy (non-hydrogen) atoms. The standard InChI is InChI=1S/C23H25N5O3/c29-22(25-17-19-16-20(31-26-19)18-6-2-1-3-7-18)9-10-23(30)28-14-12-27(13-15-28)21-8-4-5-11-24-21/h1-8,11,16H,9-10,12-15,17H2,(H,25,29). The number of hydrogen-bond donors (Lipinski definition) is 1. The molecule has 160 valence electrons. The SMILES string of the molecule is O=C(CCC(=O)N1CCN(c2ccccn2)CC1)NCc1cc(-c2ccccc2)on1. The van der Waals surface area contributed by atoms with Crippen LogP contribution in [0.3, 0.4) is 0 Å². The molecule has 4 rings (SSSR count). The lowest BCUT2D eigenvalue weighted by Crippen LogP contribution is -2.49. The first kappa shape index (κ1) is 20.6. The van der Waals surface area contributed by atoms with Gasteiger partial charge in [0.25, 0.3) is 0 Å². The first-order chi connectivity index (χ1) is 15.2. The minimum Gasteiger partial charge on any atom is -0.356 e. The number of carbonyl (C=O) groups excluding carboxylic acids is 2. The van der Waals surface area contributed by atoms with Crippen molar-refractivity contribution in [1.82, 2.24) is 20.4 Å². The zero-order valence-corrected chi connectivity index (χ0v) is 17.2. The van der Waals surface area contributed by atoms with E-state index in [4.69, 9.17) is 4.52 Å². The second-order valence-corrected chi connectivity index (χ2v) is 7.38. The molecule has 0 saturated carbocycles. The molecule has 0 spiro atoms. The lowest BCUT2D eigenvalue weighted by Gasteiger charge is -2.35. The summed E-state index contributed by atoms with van der Waals surface area (Å²) in [5.74, 6) is 1.41. The second-order valence-electron chi connectivity index (χ2n) is 7.38. The molecule has 0 unspecified atom stereocenters. The number of pyridine rings is 1. The molecule has 3 aromatic rings. The molecule has 8 nitrogen and oxygen atoms in total. The third-order valence-corrected chi connectivity index (χ3v) is 5.26. The van der Waals surface area contributed by atoms with Crippen molar-refractivity contribution in [2.24, 2.45) is 0 Å². The van der Waals surface area contributed by atoms with E-state index in [-0.39, 0.29) is 31.2 Å². The highest BCUT2D eigenvalue weighted by Gasteiger charge is 2.22. The molecule has 1 aliphatic rings. The topological polar surface area (TPSA) is 91.6 Å². The molecule has 3 heterocycles. The summed E-state index contributed by atoms with van der Waals surface area (Å²) >= 11 is 0. The highest BCUT2D eigenvalue weighted by atomic mass is 16.5. The van der Waals surface area contributed by atoms with Crippen molar-refractivity contribution < 1.29 is 14.1 Å². The van der Waals surface area contributed by atoms with Gasteiger partial charge in [-0.3, -0.25) is 9.59 Å². The average Bonchev–Trinajstić information content (AvgIpc) is 3.31. The van der Waals surface area contributed by atoms with E-state index in [1.807, 2.05) is 59.5 Å². The quantitative estimate of drug-likeness (QED) is 0.633. The Morgan fingerprint density at radius 2 is 1.74 bits per heavy atom. The van der Waals surface area contributed by atoms with Crippen molar-refractivity contribution in [3.8, 4) is 11.3 Å². The van der Waals surface area contributed by atoms with Crippen molar-refractivity contribution >= 4 is 17.6 Å². The van der Waals surface area contributed by atoms with Gasteiger partial charge in [0, 0.05) is 56.8 Å². The molecule has 0 radical (unpaired) electrons. The lowest BCUT2D eigenvalue weighted by atomic mass is 10.1. The summed E-state index contributed by atoms with van der Waals surface area (Å²) in [6, 6.07) is 17.3. The highest BCUT2D eigenvalue weighted by Crippen LogP contribution is 2.19. The third kappa shape index (κ3) is 5.48. The van der Waals surface area contributed by atoms with Crippen molar-refractivity contribution in [1.29, 1.82) is 0 Å². The maximum atomic E-state index is 12.5. The number of carbonyl (C=O) groups is 2. The van der Waals surface area contributed by atoms with Crippen LogP contribution in [0.5, 0.6) is 0 Å². The number of anilines is 1. The number of amides is 2. The normalized spacial score (nSPS) is 13.8. The summed E-state index contributed by atoms with van der Waals surface area (Å²) in [6.45, 7) is 3.03. The number of hydrogen-bond acceptors (Lipinski definition) is 6. The molecular formula is C23H25N5O3. The Kier molecular flexibility index (Phi) is 6.56. The van der Waals surface area contributed by atoms with Crippen LogP contribution in [-0.4, -0.2) is 53.0 Å². The zero-order chi connectivity index (χ0) is 21.5. The minimum atomic E-state index is -0.176. The summed E-state index contributed by atoms with van der Waals surface area (Å²) in [7, 11) is 0. The Bertz CT molecular complexity index is 998. The fourth-order valence-electron chi connectivity index (χ4n) is 3.52. The number of rotatable bonds is 7. The van der Waals surface area contributed by atoms with Gasteiger partial charge in [-0.1, -0.05) is 41.6 Å². The van der Waals surface area contributed by atoms with Gasteiger partial charge < -0.3 is 19.6 Å². The van der Waals surface area contributed by atoms with Crippen LogP contribution < -0.4 is 10.2 Å². The Hall–Kier alpha value is -3.68. The van der Waals surface area contributed by atoms with Gasteiger partial charge in [-0.25, -0.2) is 4.98 Å². The van der Waals surface area contributed by atoms with Gasteiger partial charge in [0.2, 0.25) is 11.8 Å². The number of aromatic nitrogens is 2. The van der Waals surface area contributed by atoms with Crippen LogP contribution in [0.1, 0.15) is 18.5 Å². The van der Waals surface area contributed by atoms with Crippen LogP contribution in [0.4, 0.5) is 5.82 Å². The van der Waals surface area contributed by atoms with E-state index < -0.39 is 0 Å². The minimum absolute atomic E-state index is 0.00335. The molecule has 1 aliphatic heterocycles. The Balaban J connectivity index is 1.17. The number of benzene rings is 1. The van der Waals surface area contributed by atoms with Crippen LogP contribution in [-0.2, 0) is 16.1 Å². The van der Waals surface area contributed by atoms with Gasteiger partial charge in [-0.2, -0.15) is 0 Å². The fourth-order valence-corrected chi connectivity index (χ4v) is 3.52. The van der Waals surface area contributed by atoms with Gasteiger partial charge in [0.15, 0.2) is 5.76 Å². The van der Waals surface area contributed by atoms with E-state index in [0.29, 0.717) is 24.5 Å². The molecule has 1 N–H and O–H groups in total. The van der Waals surface area contributed by atoms with Crippen LogP contribution in [0.15, 0.2) is 65.3 Å². The van der Waals surface area contributed by atoms with Crippen molar-refractivity contribution in [3.63, 3.8) is 0 Å². The second kappa shape index (κ2) is 9.88. The van der Waals surface area contributed by atoms with Gasteiger partial charge >= 0.3 is 0 Å². The molecular weight excluding hydrogens is 394 g/mol. The average molecular weight is 419 g/mol. The Labute approximate surface area is 180 Å². The maximum Gasteiger partial charge on any atom is 0.223 e. The van der Waals surface area contributed by atoms with Gasteiger partial charge in [-0.05, 0) is 12.1 Å². The summed E-state index contributed by atoms with van der Waals surface area (Å²) in [5, 5.41) is 6.79. The highest BCUT2D eigenvalue weighted by molar-refractivity contribution is 5.83. The van der Waals surface area contributed by atoms with Crippen LogP contribution in [0, 0.1) is 0 Å². The molecule has 1 aromatic carbocycles. The van der Waals surface area contributed by atoms with Crippen LogP contribution >= 0.6 is 0 Å². The molecule has 2 amide bonds. The molecule has 2 aromatic heterocycles. The number of piperazine rings is 1. The van der Waals surface area contributed by atoms with Crippen LogP contribution in [0.2, 0.25) is 0 Å². The van der Waals surface area contributed by atoms with E-state index in [2.05, 4.69) is 20.4 Å². The first-order valence-corrected chi connectivity index (χ1v) is 10.4. The third-order valence-electron chi connectivity index (χ3n) is 5.26. The predicted molar refractivity (Wildman–Crippen MR) is 116 cm³/mol. The van der Waals surface area contributed by atoms with Crippen LogP contribution in [0.25, 0.3) is 11.3 Å². The molecule has 1 fully saturated rings. The van der Waals surface area contributed by atoms with E-state index in [1.165, 1.54) is 0 Å². The number of nitrogens with one attached hydrogen (secondary N) is 1. The van der Waals surface area contributed by atoms with E-state index in [1.54, 1.807) is 6.20 Å². The van der Waals surface area contributed by atoms with Crippen molar-refractivity contribution in [2.75, 3.05) is 31.1 Å². The van der Waals surface area contributed by atoms with Gasteiger partial charge in [-0.15, -0.1) is 0 Å². The summed E-state index contributed by atoms with van der Waals surface area (Å²) in [4.78, 5) is 33.0. The lowest BCUT2D eigenvalue weighted by molar-refractivity contribution is -0.133. The summed E-state index contributed by atoms with van der Waals surface area (Å²) < 4.78 is 5.33.